The summed E-state index contributed by atoms with van der Waals surface area (Å²) in [5, 5.41) is 6.69. The number of para-hydroxylation sites is 2. The first-order valence-corrected chi connectivity index (χ1v) is 8.93. The highest BCUT2D eigenvalue weighted by molar-refractivity contribution is 5.79. The van der Waals surface area contributed by atoms with Crippen molar-refractivity contribution in [1.82, 2.24) is 24.6 Å². The first-order valence-electron chi connectivity index (χ1n) is 8.93. The zero-order chi connectivity index (χ0) is 18.1. The number of hydrogen-bond donors (Lipinski definition) is 1. The first-order chi connectivity index (χ1) is 12.7. The molecule has 0 aliphatic carbocycles. The molecular weight excluding hydrogens is 334 g/mol. The van der Waals surface area contributed by atoms with Gasteiger partial charge >= 0.3 is 5.69 Å². The maximum Gasteiger partial charge on any atom is 0.343 e. The second-order valence-corrected chi connectivity index (χ2v) is 6.56. The van der Waals surface area contributed by atoms with Gasteiger partial charge in [0, 0.05) is 25.6 Å². The van der Waals surface area contributed by atoms with Gasteiger partial charge in [0.25, 0.3) is 0 Å². The Morgan fingerprint density at radius 1 is 1.38 bits per heavy atom. The summed E-state index contributed by atoms with van der Waals surface area (Å²) in [4.78, 5) is 30.7. The van der Waals surface area contributed by atoms with Crippen LogP contribution in [0.5, 0.6) is 0 Å². The number of nitrogens with one attached hydrogen (secondary N) is 1. The molecule has 136 valence electrons. The van der Waals surface area contributed by atoms with Crippen molar-refractivity contribution >= 4 is 17.0 Å². The van der Waals surface area contributed by atoms with Crippen LogP contribution in [0.2, 0.25) is 0 Å². The number of carbonyl (C=O) groups excluding carboxylic acids is 1. The number of likely N-dealkylation sites (tertiary alicyclic amines) is 1. The minimum Gasteiger partial charge on any atom is -0.440 e. The molecule has 1 aliphatic heterocycles. The fourth-order valence-corrected chi connectivity index (χ4v) is 3.60. The number of hydrogen-bond acceptors (Lipinski definition) is 5. The number of aromatic nitrogens is 4. The SMILES string of the molecule is CCn1c(C2CCCN(C(=O)Cc3nc4ccccc4o3)C2)n[nH]c1=O. The Kier molecular flexibility index (Phi) is 4.32. The van der Waals surface area contributed by atoms with Crippen molar-refractivity contribution in [2.45, 2.75) is 38.6 Å². The predicted octanol–water partition coefficient (Wildman–Crippen LogP) is 1.68. The molecule has 8 heteroatoms. The maximum absolute atomic E-state index is 12.7. The zero-order valence-electron chi connectivity index (χ0n) is 14.6. The monoisotopic (exact) mass is 355 g/mol. The van der Waals surface area contributed by atoms with Crippen LogP contribution in [0.4, 0.5) is 0 Å². The summed E-state index contributed by atoms with van der Waals surface area (Å²) >= 11 is 0. The number of H-pyrrole nitrogens is 1. The lowest BCUT2D eigenvalue weighted by molar-refractivity contribution is -0.132. The van der Waals surface area contributed by atoms with Crippen LogP contribution < -0.4 is 5.69 Å². The largest absolute Gasteiger partial charge is 0.440 e. The van der Waals surface area contributed by atoms with Crippen molar-refractivity contribution in [2.75, 3.05) is 13.1 Å². The molecule has 1 aliphatic rings. The van der Waals surface area contributed by atoms with E-state index < -0.39 is 0 Å². The van der Waals surface area contributed by atoms with E-state index in [-0.39, 0.29) is 23.9 Å². The number of aromatic amines is 1. The van der Waals surface area contributed by atoms with Crippen molar-refractivity contribution in [3.8, 4) is 0 Å². The van der Waals surface area contributed by atoms with E-state index in [2.05, 4.69) is 15.2 Å². The van der Waals surface area contributed by atoms with E-state index in [0.29, 0.717) is 31.1 Å². The van der Waals surface area contributed by atoms with Gasteiger partial charge in [-0.3, -0.25) is 9.36 Å². The summed E-state index contributed by atoms with van der Waals surface area (Å²) in [6.45, 7) is 3.75. The molecule has 1 fully saturated rings. The fourth-order valence-electron chi connectivity index (χ4n) is 3.60. The number of piperidine rings is 1. The van der Waals surface area contributed by atoms with Crippen molar-refractivity contribution in [1.29, 1.82) is 0 Å². The van der Waals surface area contributed by atoms with Gasteiger partial charge in [0.05, 0.1) is 0 Å². The smallest absolute Gasteiger partial charge is 0.343 e. The number of oxazole rings is 1. The lowest BCUT2D eigenvalue weighted by Gasteiger charge is -2.32. The molecule has 1 saturated heterocycles. The highest BCUT2D eigenvalue weighted by Crippen LogP contribution is 2.25. The Bertz CT molecular complexity index is 953. The van der Waals surface area contributed by atoms with Crippen molar-refractivity contribution in [3.63, 3.8) is 0 Å². The molecule has 4 rings (SSSR count). The summed E-state index contributed by atoms with van der Waals surface area (Å²) in [5.74, 6) is 1.22. The Hall–Kier alpha value is -2.90. The molecular formula is C18H21N5O3. The Labute approximate surface area is 149 Å². The molecule has 0 spiro atoms. The third kappa shape index (κ3) is 3.02. The van der Waals surface area contributed by atoms with E-state index in [4.69, 9.17) is 4.42 Å². The molecule has 1 atom stereocenters. The second-order valence-electron chi connectivity index (χ2n) is 6.56. The van der Waals surface area contributed by atoms with Gasteiger partial charge in [-0.05, 0) is 31.9 Å². The molecule has 3 aromatic rings. The number of rotatable bonds is 4. The van der Waals surface area contributed by atoms with E-state index in [0.717, 1.165) is 24.2 Å². The number of carbonyl (C=O) groups is 1. The number of fused-ring (bicyclic) bond motifs is 1. The third-order valence-corrected chi connectivity index (χ3v) is 4.88. The standard InChI is InChI=1S/C18H21N5O3/c1-2-23-17(20-21-18(23)25)12-6-5-9-22(11-12)16(24)10-15-19-13-7-3-4-8-14(13)26-15/h3-4,7-8,12H,2,5-6,9-11H2,1H3,(H,21,25). The quantitative estimate of drug-likeness (QED) is 0.768. The summed E-state index contributed by atoms with van der Waals surface area (Å²) in [6, 6.07) is 7.48. The molecule has 1 unspecified atom stereocenters. The molecule has 0 radical (unpaired) electrons. The van der Waals surface area contributed by atoms with E-state index >= 15 is 0 Å². The third-order valence-electron chi connectivity index (χ3n) is 4.88. The van der Waals surface area contributed by atoms with E-state index in [1.165, 1.54) is 0 Å². The summed E-state index contributed by atoms with van der Waals surface area (Å²) < 4.78 is 7.30. The first kappa shape index (κ1) is 16.6. The zero-order valence-corrected chi connectivity index (χ0v) is 14.6. The minimum atomic E-state index is -0.197. The minimum absolute atomic E-state index is 0.0119. The number of amides is 1. The predicted molar refractivity (Wildman–Crippen MR) is 94.8 cm³/mol. The van der Waals surface area contributed by atoms with Crippen LogP contribution in [-0.2, 0) is 17.8 Å². The molecule has 8 nitrogen and oxygen atoms in total. The Morgan fingerprint density at radius 2 is 2.23 bits per heavy atom. The van der Waals surface area contributed by atoms with E-state index in [9.17, 15) is 9.59 Å². The van der Waals surface area contributed by atoms with E-state index in [1.54, 1.807) is 4.57 Å². The van der Waals surface area contributed by atoms with Gasteiger partial charge in [-0.1, -0.05) is 12.1 Å². The van der Waals surface area contributed by atoms with Crippen molar-refractivity contribution < 1.29 is 9.21 Å². The molecule has 0 saturated carbocycles. The highest BCUT2D eigenvalue weighted by Gasteiger charge is 2.29. The van der Waals surface area contributed by atoms with Crippen molar-refractivity contribution in [2.24, 2.45) is 0 Å². The van der Waals surface area contributed by atoms with Gasteiger partial charge in [-0.2, -0.15) is 5.10 Å². The van der Waals surface area contributed by atoms with Crippen LogP contribution >= 0.6 is 0 Å². The molecule has 2 aromatic heterocycles. The van der Waals surface area contributed by atoms with Gasteiger partial charge in [0.2, 0.25) is 11.8 Å². The van der Waals surface area contributed by atoms with Crippen molar-refractivity contribution in [3.05, 3.63) is 46.5 Å². The van der Waals surface area contributed by atoms with Crippen LogP contribution in [0.15, 0.2) is 33.5 Å². The topological polar surface area (TPSA) is 97.0 Å². The normalized spacial score (nSPS) is 17.7. The van der Waals surface area contributed by atoms with Crippen LogP contribution in [0.3, 0.4) is 0 Å². The number of nitrogens with zero attached hydrogens (tertiary/aromatic N) is 4. The Morgan fingerprint density at radius 3 is 3.04 bits per heavy atom. The lowest BCUT2D eigenvalue weighted by atomic mass is 9.97. The van der Waals surface area contributed by atoms with Gasteiger partial charge in [0.1, 0.15) is 17.8 Å². The molecule has 1 N–H and O–H groups in total. The number of benzene rings is 1. The average molecular weight is 355 g/mol. The van der Waals surface area contributed by atoms with Gasteiger partial charge < -0.3 is 9.32 Å². The lowest BCUT2D eigenvalue weighted by Crippen LogP contribution is -2.40. The van der Waals surface area contributed by atoms with Crippen LogP contribution in [0.25, 0.3) is 11.1 Å². The fraction of sp³-hybridized carbons (Fsp3) is 0.444. The highest BCUT2D eigenvalue weighted by atomic mass is 16.3. The molecule has 3 heterocycles. The molecule has 1 aromatic carbocycles. The molecule has 1 amide bonds. The summed E-state index contributed by atoms with van der Waals surface area (Å²) in [7, 11) is 0. The summed E-state index contributed by atoms with van der Waals surface area (Å²) in [5.41, 5.74) is 1.25. The Balaban J connectivity index is 1.48. The van der Waals surface area contributed by atoms with Crippen LogP contribution in [-0.4, -0.2) is 43.6 Å². The van der Waals surface area contributed by atoms with Gasteiger partial charge in [-0.25, -0.2) is 14.9 Å². The van der Waals surface area contributed by atoms with Crippen LogP contribution in [0, 0.1) is 0 Å². The maximum atomic E-state index is 12.7. The summed E-state index contributed by atoms with van der Waals surface area (Å²) in [6.07, 6.45) is 1.94. The second kappa shape index (κ2) is 6.78. The van der Waals surface area contributed by atoms with E-state index in [1.807, 2.05) is 36.1 Å². The van der Waals surface area contributed by atoms with Gasteiger partial charge in [-0.15, -0.1) is 0 Å². The van der Waals surface area contributed by atoms with Gasteiger partial charge in [0.15, 0.2) is 5.58 Å². The average Bonchev–Trinajstić information content (AvgIpc) is 3.24. The molecule has 26 heavy (non-hydrogen) atoms. The van der Waals surface area contributed by atoms with Crippen LogP contribution in [0.1, 0.15) is 37.4 Å². The molecule has 0 bridgehead atoms.